The van der Waals surface area contributed by atoms with Crippen LogP contribution in [0.4, 0.5) is 8.78 Å². The first-order valence-corrected chi connectivity index (χ1v) is 11.6. The van der Waals surface area contributed by atoms with Crippen molar-refractivity contribution in [2.75, 3.05) is 0 Å². The summed E-state index contributed by atoms with van der Waals surface area (Å²) in [6.45, 7) is 19.4. The Bertz CT molecular complexity index is 1440. The van der Waals surface area contributed by atoms with Gasteiger partial charge in [0.1, 0.15) is 17.3 Å². The van der Waals surface area contributed by atoms with Gasteiger partial charge in [-0.3, -0.25) is 5.10 Å². The first kappa shape index (κ1) is 26.4. The van der Waals surface area contributed by atoms with Crippen molar-refractivity contribution >= 4 is 27.7 Å². The molecule has 36 heavy (non-hydrogen) atoms. The van der Waals surface area contributed by atoms with Gasteiger partial charge in [0.2, 0.25) is 0 Å². The molecule has 5 heteroatoms. The summed E-state index contributed by atoms with van der Waals surface area (Å²) in [5.74, 6) is -0.634. The van der Waals surface area contributed by atoms with E-state index < -0.39 is 0 Å². The second-order valence-corrected chi connectivity index (χ2v) is 8.41. The number of halogens is 2. The average molecular weight is 484 g/mol. The molecule has 0 saturated heterocycles. The molecule has 0 fully saturated rings. The van der Waals surface area contributed by atoms with Gasteiger partial charge in [0.15, 0.2) is 0 Å². The molecule has 1 heterocycles. The lowest BCUT2D eigenvalue weighted by atomic mass is 9.95. The van der Waals surface area contributed by atoms with Gasteiger partial charge < -0.3 is 5.32 Å². The van der Waals surface area contributed by atoms with Crippen LogP contribution in [0.2, 0.25) is 0 Å². The van der Waals surface area contributed by atoms with Crippen LogP contribution in [-0.2, 0) is 0 Å². The summed E-state index contributed by atoms with van der Waals surface area (Å²) in [4.78, 5) is 0. The quantitative estimate of drug-likeness (QED) is 0.300. The second kappa shape index (κ2) is 11.5. The third kappa shape index (κ3) is 5.52. The van der Waals surface area contributed by atoms with E-state index in [2.05, 4.69) is 35.3 Å². The molecule has 3 nitrogen and oxygen atoms in total. The molecule has 3 aromatic rings. The van der Waals surface area contributed by atoms with Crippen molar-refractivity contribution in [1.29, 1.82) is 0 Å². The van der Waals surface area contributed by atoms with Crippen molar-refractivity contribution in [2.45, 2.75) is 27.7 Å². The van der Waals surface area contributed by atoms with Crippen LogP contribution in [0.5, 0.6) is 0 Å². The average Bonchev–Trinajstić information content (AvgIpc) is 3.26. The van der Waals surface area contributed by atoms with Crippen LogP contribution in [0.15, 0.2) is 103 Å². The highest BCUT2D eigenvalue weighted by atomic mass is 19.1. The largest absolute Gasteiger partial charge is 0.358 e. The number of nitrogens with one attached hydrogen (secondary N) is 2. The van der Waals surface area contributed by atoms with E-state index in [0.717, 1.165) is 38.9 Å². The molecule has 0 aliphatic heterocycles. The first-order chi connectivity index (χ1) is 17.2. The maximum Gasteiger partial charge on any atom is 0.133 e. The molecule has 0 unspecified atom stereocenters. The van der Waals surface area contributed by atoms with Gasteiger partial charge >= 0.3 is 0 Å². The zero-order valence-electron chi connectivity index (χ0n) is 21.2. The minimum atomic E-state index is -0.341. The Morgan fingerprint density at radius 2 is 1.64 bits per heavy atom. The van der Waals surface area contributed by atoms with Crippen molar-refractivity contribution in [1.82, 2.24) is 15.5 Å². The zero-order chi connectivity index (χ0) is 26.4. The number of H-pyrrole nitrogens is 1. The van der Waals surface area contributed by atoms with E-state index in [4.69, 9.17) is 0 Å². The Balaban J connectivity index is 2.00. The molecule has 0 aliphatic carbocycles. The first-order valence-electron chi connectivity index (χ1n) is 11.6. The van der Waals surface area contributed by atoms with Gasteiger partial charge in [0, 0.05) is 22.7 Å². The number of hydrogen-bond donors (Lipinski definition) is 2. The summed E-state index contributed by atoms with van der Waals surface area (Å²) in [5, 5.41) is 11.4. The number of aromatic amines is 1. The molecule has 0 aliphatic rings. The Morgan fingerprint density at radius 1 is 0.972 bits per heavy atom. The second-order valence-electron chi connectivity index (χ2n) is 8.41. The fraction of sp³-hybridized carbons (Fsp3) is 0.129. The van der Waals surface area contributed by atoms with Gasteiger partial charge in [-0.05, 0) is 73.7 Å². The molecule has 0 bridgehead atoms. The van der Waals surface area contributed by atoms with Crippen LogP contribution >= 0.6 is 0 Å². The van der Waals surface area contributed by atoms with Gasteiger partial charge in [0.25, 0.3) is 0 Å². The number of nitrogens with zero attached hydrogens (tertiary/aromatic N) is 1. The minimum absolute atomic E-state index is 0.293. The predicted octanol–water partition coefficient (Wildman–Crippen LogP) is 8.50. The maximum atomic E-state index is 15.0. The molecule has 0 amide bonds. The van der Waals surface area contributed by atoms with Gasteiger partial charge in [0.05, 0.1) is 11.2 Å². The molecule has 0 spiro atoms. The smallest absolute Gasteiger partial charge is 0.133 e. The van der Waals surface area contributed by atoms with Crippen LogP contribution in [0.1, 0.15) is 44.5 Å². The molecule has 0 radical (unpaired) electrons. The third-order valence-corrected chi connectivity index (χ3v) is 6.05. The lowest BCUT2D eigenvalue weighted by Crippen LogP contribution is -2.11. The highest BCUT2D eigenvalue weighted by Crippen LogP contribution is 2.32. The number of hydrogen-bond acceptors (Lipinski definition) is 2. The number of aromatic nitrogens is 2. The predicted molar refractivity (Wildman–Crippen MR) is 149 cm³/mol. The normalized spacial score (nSPS) is 13.4. The van der Waals surface area contributed by atoms with Crippen LogP contribution < -0.4 is 5.32 Å². The monoisotopic (exact) mass is 483 g/mol. The Hall–Kier alpha value is -4.25. The van der Waals surface area contributed by atoms with E-state index in [-0.39, 0.29) is 11.6 Å². The summed E-state index contributed by atoms with van der Waals surface area (Å²) in [5.41, 5.74) is 7.46. The number of allylic oxidation sites excluding steroid dienone is 10. The third-order valence-electron chi connectivity index (χ3n) is 6.05. The van der Waals surface area contributed by atoms with E-state index in [1.54, 1.807) is 30.4 Å². The highest BCUT2D eigenvalue weighted by molar-refractivity contribution is 5.94. The van der Waals surface area contributed by atoms with E-state index >= 15 is 4.39 Å². The molecule has 184 valence electrons. The lowest BCUT2D eigenvalue weighted by Gasteiger charge is -2.15. The SMILES string of the molecule is C=C/C=C(C)\C(=C/C)c1cc2c(C(=C)N/C(C)=C(C)/C(=C\C=C)c3ccc(F)cc3)n[nH]c2cc1F. The van der Waals surface area contributed by atoms with E-state index in [0.29, 0.717) is 22.5 Å². The van der Waals surface area contributed by atoms with Gasteiger partial charge in [-0.25, -0.2) is 8.78 Å². The van der Waals surface area contributed by atoms with E-state index in [1.165, 1.54) is 18.2 Å². The Labute approximate surface area is 211 Å². The number of benzene rings is 2. The maximum absolute atomic E-state index is 15.0. The zero-order valence-corrected chi connectivity index (χ0v) is 21.2. The number of fused-ring (bicyclic) bond motifs is 1. The lowest BCUT2D eigenvalue weighted by molar-refractivity contribution is 0.625. The summed E-state index contributed by atoms with van der Waals surface area (Å²) in [6.07, 6.45) is 8.99. The van der Waals surface area contributed by atoms with Crippen molar-refractivity contribution in [3.63, 3.8) is 0 Å². The molecular formula is C31H31F2N3. The molecule has 0 saturated carbocycles. The molecule has 2 N–H and O–H groups in total. The van der Waals surface area contributed by atoms with Crippen molar-refractivity contribution in [2.24, 2.45) is 0 Å². The van der Waals surface area contributed by atoms with Gasteiger partial charge in [-0.1, -0.05) is 62.2 Å². The molecule has 0 atom stereocenters. The number of rotatable bonds is 9. The van der Waals surface area contributed by atoms with Crippen LogP contribution in [0, 0.1) is 11.6 Å². The van der Waals surface area contributed by atoms with Crippen LogP contribution in [-0.4, -0.2) is 10.2 Å². The van der Waals surface area contributed by atoms with Crippen molar-refractivity contribution in [3.8, 4) is 0 Å². The van der Waals surface area contributed by atoms with Crippen molar-refractivity contribution in [3.05, 3.63) is 132 Å². The highest BCUT2D eigenvalue weighted by Gasteiger charge is 2.17. The Morgan fingerprint density at radius 3 is 2.25 bits per heavy atom. The summed E-state index contributed by atoms with van der Waals surface area (Å²) >= 11 is 0. The topological polar surface area (TPSA) is 40.7 Å². The summed E-state index contributed by atoms with van der Waals surface area (Å²) < 4.78 is 28.4. The standard InChI is InChI=1S/C31H31F2N3/c1-8-11-19(4)25(10-3)27-17-28-30(18-29(27)33)35-36-31(28)22(7)34-21(6)20(5)26(12-9-2)23-13-15-24(32)16-14-23/h8-18,34H,1-2,7H2,3-6H3,(H,35,36)/b19-11-,21-20+,25-10+,26-12+. The molecule has 1 aromatic heterocycles. The fourth-order valence-electron chi connectivity index (χ4n) is 4.10. The van der Waals surface area contributed by atoms with Gasteiger partial charge in [-0.2, -0.15) is 5.10 Å². The van der Waals surface area contributed by atoms with E-state index in [1.807, 2.05) is 45.9 Å². The molecular weight excluding hydrogens is 452 g/mol. The molecule has 2 aromatic carbocycles. The van der Waals surface area contributed by atoms with Crippen molar-refractivity contribution < 1.29 is 8.78 Å². The minimum Gasteiger partial charge on any atom is -0.358 e. The van der Waals surface area contributed by atoms with Gasteiger partial charge in [-0.15, -0.1) is 0 Å². The van der Waals surface area contributed by atoms with E-state index in [9.17, 15) is 4.39 Å². The van der Waals surface area contributed by atoms with Crippen LogP contribution in [0.25, 0.3) is 27.7 Å². The Kier molecular flexibility index (Phi) is 8.38. The molecule has 3 rings (SSSR count). The summed E-state index contributed by atoms with van der Waals surface area (Å²) in [6, 6.07) is 9.56. The fourth-order valence-corrected chi connectivity index (χ4v) is 4.10. The summed E-state index contributed by atoms with van der Waals surface area (Å²) in [7, 11) is 0. The van der Waals surface area contributed by atoms with Crippen LogP contribution in [0.3, 0.4) is 0 Å².